The lowest BCUT2D eigenvalue weighted by Gasteiger charge is -2.34. The van der Waals surface area contributed by atoms with Gasteiger partial charge in [-0.2, -0.15) is 0 Å². The van der Waals surface area contributed by atoms with Gasteiger partial charge in [0.1, 0.15) is 6.54 Å². The Morgan fingerprint density at radius 1 is 1.35 bits per heavy atom. The van der Waals surface area contributed by atoms with Crippen LogP contribution in [0.2, 0.25) is 0 Å². The summed E-state index contributed by atoms with van der Waals surface area (Å²) >= 11 is 0. The molecule has 0 bridgehead atoms. The fourth-order valence-electron chi connectivity index (χ4n) is 2.57. The number of hydrogen-bond donors (Lipinski definition) is 1. The van der Waals surface area contributed by atoms with E-state index in [1.54, 1.807) is 23.2 Å². The minimum Gasteiger partial charge on any atom is -0.481 e. The van der Waals surface area contributed by atoms with Gasteiger partial charge in [0.05, 0.1) is 5.92 Å². The van der Waals surface area contributed by atoms with Crippen LogP contribution in [0, 0.1) is 11.8 Å². The molecule has 2 unspecified atom stereocenters. The van der Waals surface area contributed by atoms with Crippen molar-refractivity contribution in [3.8, 4) is 0 Å². The number of pyridine rings is 1. The SMILES string of the molecule is CC1CC(C(=O)O)CN(C(=O)Cn2ccccc2=O)C1. The highest BCUT2D eigenvalue weighted by molar-refractivity contribution is 5.78. The van der Waals surface area contributed by atoms with Crippen LogP contribution in [0.25, 0.3) is 0 Å². The van der Waals surface area contributed by atoms with E-state index in [4.69, 9.17) is 5.11 Å². The van der Waals surface area contributed by atoms with Gasteiger partial charge in [-0.3, -0.25) is 14.4 Å². The third-order valence-electron chi connectivity index (χ3n) is 3.57. The number of hydrogen-bond acceptors (Lipinski definition) is 3. The molecule has 1 aliphatic rings. The van der Waals surface area contributed by atoms with Gasteiger partial charge in [0.2, 0.25) is 5.91 Å². The first-order chi connectivity index (χ1) is 9.47. The first-order valence-corrected chi connectivity index (χ1v) is 6.63. The van der Waals surface area contributed by atoms with E-state index in [-0.39, 0.29) is 30.5 Å². The summed E-state index contributed by atoms with van der Waals surface area (Å²) in [6, 6.07) is 4.70. The summed E-state index contributed by atoms with van der Waals surface area (Å²) in [7, 11) is 0. The van der Waals surface area contributed by atoms with E-state index in [0.717, 1.165) is 0 Å². The number of carbonyl (C=O) groups is 2. The Morgan fingerprint density at radius 2 is 2.10 bits per heavy atom. The van der Waals surface area contributed by atoms with Crippen LogP contribution in [-0.2, 0) is 16.1 Å². The number of likely N-dealkylation sites (tertiary alicyclic amines) is 1. The van der Waals surface area contributed by atoms with E-state index in [1.165, 1.54) is 10.6 Å². The predicted molar refractivity (Wildman–Crippen MR) is 72.2 cm³/mol. The fraction of sp³-hybridized carbons (Fsp3) is 0.500. The van der Waals surface area contributed by atoms with Crippen LogP contribution < -0.4 is 5.56 Å². The molecule has 1 fully saturated rings. The molecular weight excluding hydrogens is 260 g/mol. The number of carboxylic acids is 1. The maximum absolute atomic E-state index is 12.2. The molecule has 0 spiro atoms. The van der Waals surface area contributed by atoms with E-state index in [0.29, 0.717) is 13.0 Å². The van der Waals surface area contributed by atoms with Crippen molar-refractivity contribution in [2.75, 3.05) is 13.1 Å². The number of nitrogens with zero attached hydrogens (tertiary/aromatic N) is 2. The van der Waals surface area contributed by atoms with E-state index in [2.05, 4.69) is 0 Å². The predicted octanol–water partition coefficient (Wildman–Crippen LogP) is 0.417. The van der Waals surface area contributed by atoms with Gasteiger partial charge in [-0.1, -0.05) is 13.0 Å². The zero-order chi connectivity index (χ0) is 14.7. The van der Waals surface area contributed by atoms with Crippen molar-refractivity contribution in [3.63, 3.8) is 0 Å². The van der Waals surface area contributed by atoms with Crippen LogP contribution in [0.15, 0.2) is 29.2 Å². The number of amides is 1. The van der Waals surface area contributed by atoms with Crippen molar-refractivity contribution in [3.05, 3.63) is 34.7 Å². The molecule has 1 saturated heterocycles. The molecule has 1 aliphatic heterocycles. The number of rotatable bonds is 3. The van der Waals surface area contributed by atoms with E-state index >= 15 is 0 Å². The average Bonchev–Trinajstić information content (AvgIpc) is 2.40. The number of carboxylic acid groups (broad SMARTS) is 1. The van der Waals surface area contributed by atoms with Crippen LogP contribution in [0.3, 0.4) is 0 Å². The van der Waals surface area contributed by atoms with Crippen LogP contribution in [-0.4, -0.2) is 39.5 Å². The molecule has 6 nitrogen and oxygen atoms in total. The quantitative estimate of drug-likeness (QED) is 0.869. The van der Waals surface area contributed by atoms with Crippen LogP contribution in [0.1, 0.15) is 13.3 Å². The second-order valence-electron chi connectivity index (χ2n) is 5.34. The molecule has 6 heteroatoms. The molecule has 0 radical (unpaired) electrons. The second kappa shape index (κ2) is 5.90. The summed E-state index contributed by atoms with van der Waals surface area (Å²) in [5.74, 6) is -1.45. The van der Waals surface area contributed by atoms with Gasteiger partial charge in [-0.25, -0.2) is 0 Å². The maximum Gasteiger partial charge on any atom is 0.308 e. The zero-order valence-corrected chi connectivity index (χ0v) is 11.4. The van der Waals surface area contributed by atoms with Crippen LogP contribution in [0.5, 0.6) is 0 Å². The van der Waals surface area contributed by atoms with Gasteiger partial charge in [0.15, 0.2) is 0 Å². The third kappa shape index (κ3) is 3.26. The maximum atomic E-state index is 12.2. The van der Waals surface area contributed by atoms with E-state index < -0.39 is 11.9 Å². The Bertz CT molecular complexity index is 566. The van der Waals surface area contributed by atoms with E-state index in [1.807, 2.05) is 6.92 Å². The molecule has 20 heavy (non-hydrogen) atoms. The summed E-state index contributed by atoms with van der Waals surface area (Å²) in [5, 5.41) is 9.10. The smallest absolute Gasteiger partial charge is 0.308 e. The highest BCUT2D eigenvalue weighted by atomic mass is 16.4. The molecule has 0 aromatic carbocycles. The van der Waals surface area contributed by atoms with E-state index in [9.17, 15) is 14.4 Å². The zero-order valence-electron chi connectivity index (χ0n) is 11.4. The van der Waals surface area contributed by atoms with Crippen molar-refractivity contribution in [1.82, 2.24) is 9.47 Å². The van der Waals surface area contributed by atoms with Gasteiger partial charge in [-0.05, 0) is 18.4 Å². The molecule has 0 saturated carbocycles. The lowest BCUT2D eigenvalue weighted by molar-refractivity contribution is -0.147. The molecule has 1 aromatic rings. The monoisotopic (exact) mass is 278 g/mol. The van der Waals surface area contributed by atoms with Crippen molar-refractivity contribution in [1.29, 1.82) is 0 Å². The number of aromatic nitrogens is 1. The Morgan fingerprint density at radius 3 is 2.75 bits per heavy atom. The Kier molecular flexibility index (Phi) is 4.22. The largest absolute Gasteiger partial charge is 0.481 e. The highest BCUT2D eigenvalue weighted by Gasteiger charge is 2.31. The molecule has 1 amide bonds. The number of carbonyl (C=O) groups excluding carboxylic acids is 1. The van der Waals surface area contributed by atoms with Crippen molar-refractivity contribution in [2.24, 2.45) is 11.8 Å². The van der Waals surface area contributed by atoms with Gasteiger partial charge in [0, 0.05) is 25.4 Å². The molecule has 2 atom stereocenters. The molecule has 0 aliphatic carbocycles. The highest BCUT2D eigenvalue weighted by Crippen LogP contribution is 2.21. The summed E-state index contributed by atoms with van der Waals surface area (Å²) < 4.78 is 1.33. The fourth-order valence-corrected chi connectivity index (χ4v) is 2.57. The number of piperidine rings is 1. The normalized spacial score (nSPS) is 22.6. The lowest BCUT2D eigenvalue weighted by Crippen LogP contribution is -2.47. The van der Waals surface area contributed by atoms with Gasteiger partial charge in [-0.15, -0.1) is 0 Å². The van der Waals surface area contributed by atoms with Crippen molar-refractivity contribution >= 4 is 11.9 Å². The van der Waals surface area contributed by atoms with Gasteiger partial charge >= 0.3 is 5.97 Å². The standard InChI is InChI=1S/C14H18N2O4/c1-10-6-11(14(19)20)8-16(7-10)13(18)9-15-5-3-2-4-12(15)17/h2-5,10-11H,6-9H2,1H3,(H,19,20). The lowest BCUT2D eigenvalue weighted by atomic mass is 9.90. The Labute approximate surface area is 116 Å². The summed E-state index contributed by atoms with van der Waals surface area (Å²) in [6.07, 6.45) is 2.15. The van der Waals surface area contributed by atoms with Crippen molar-refractivity contribution < 1.29 is 14.7 Å². The van der Waals surface area contributed by atoms with Crippen LogP contribution >= 0.6 is 0 Å². The Balaban J connectivity index is 2.07. The topological polar surface area (TPSA) is 79.6 Å². The second-order valence-corrected chi connectivity index (χ2v) is 5.34. The Hall–Kier alpha value is -2.11. The minimum absolute atomic E-state index is 0.0429. The average molecular weight is 278 g/mol. The summed E-state index contributed by atoms with van der Waals surface area (Å²) in [6.45, 7) is 2.66. The first kappa shape index (κ1) is 14.3. The minimum atomic E-state index is -0.869. The summed E-state index contributed by atoms with van der Waals surface area (Å²) in [4.78, 5) is 36.4. The van der Waals surface area contributed by atoms with Crippen LogP contribution in [0.4, 0.5) is 0 Å². The summed E-state index contributed by atoms with van der Waals surface area (Å²) in [5.41, 5.74) is -0.235. The molecule has 2 rings (SSSR count). The molecule has 1 aromatic heterocycles. The third-order valence-corrected chi connectivity index (χ3v) is 3.57. The first-order valence-electron chi connectivity index (χ1n) is 6.63. The molecule has 108 valence electrons. The molecule has 1 N–H and O–H groups in total. The molecular formula is C14H18N2O4. The van der Waals surface area contributed by atoms with Crippen molar-refractivity contribution in [2.45, 2.75) is 19.9 Å². The van der Waals surface area contributed by atoms with Gasteiger partial charge in [0.25, 0.3) is 5.56 Å². The van der Waals surface area contributed by atoms with Gasteiger partial charge < -0.3 is 14.6 Å². The number of aliphatic carboxylic acids is 1. The molecule has 2 heterocycles.